The zero-order valence-corrected chi connectivity index (χ0v) is 15.3. The lowest BCUT2D eigenvalue weighted by atomic mass is 10.2. The second-order valence-corrected chi connectivity index (χ2v) is 7.19. The van der Waals surface area contributed by atoms with Crippen molar-refractivity contribution in [1.82, 2.24) is 4.90 Å². The fourth-order valence-electron chi connectivity index (χ4n) is 2.11. The Labute approximate surface area is 145 Å². The summed E-state index contributed by atoms with van der Waals surface area (Å²) in [4.78, 5) is 24.5. The third kappa shape index (κ3) is 3.77. The van der Waals surface area contributed by atoms with Crippen LogP contribution in [-0.2, 0) is 4.79 Å². The van der Waals surface area contributed by atoms with E-state index in [4.69, 9.17) is 5.11 Å². The van der Waals surface area contributed by atoms with Crippen LogP contribution in [0.4, 0.5) is 10.5 Å². The van der Waals surface area contributed by atoms with Crippen molar-refractivity contribution in [3.05, 3.63) is 25.6 Å². The number of aliphatic carboxylic acids is 1. The molecule has 9 heteroatoms. The Kier molecular flexibility index (Phi) is 5.29. The van der Waals surface area contributed by atoms with E-state index in [1.165, 1.54) is 0 Å². The summed E-state index contributed by atoms with van der Waals surface area (Å²) in [6.45, 7) is -0.00539. The first-order valence-electron chi connectivity index (χ1n) is 5.92. The Balaban J connectivity index is 2.20. The smallest absolute Gasteiger partial charge is 0.326 e. The van der Waals surface area contributed by atoms with E-state index >= 15 is 0 Å². The van der Waals surface area contributed by atoms with Gasteiger partial charge >= 0.3 is 12.0 Å². The minimum Gasteiger partial charge on any atom is -0.480 e. The van der Waals surface area contributed by atoms with E-state index in [2.05, 4.69) is 53.1 Å². The number of aliphatic hydroxyl groups excluding tert-OH is 1. The minimum atomic E-state index is -1.13. The molecule has 0 aromatic heterocycles. The summed E-state index contributed by atoms with van der Waals surface area (Å²) < 4.78 is 2.10. The summed E-state index contributed by atoms with van der Waals surface area (Å²) in [6.07, 6.45) is -0.792. The highest BCUT2D eigenvalue weighted by atomic mass is 79.9. The van der Waals surface area contributed by atoms with Gasteiger partial charge < -0.3 is 20.4 Å². The average molecular weight is 487 g/mol. The molecule has 2 rings (SSSR count). The first-order valence-corrected chi connectivity index (χ1v) is 8.30. The van der Waals surface area contributed by atoms with E-state index in [9.17, 15) is 14.7 Å². The number of hydrogen-bond donors (Lipinski definition) is 3. The van der Waals surface area contributed by atoms with Crippen molar-refractivity contribution in [3.8, 4) is 0 Å². The lowest BCUT2D eigenvalue weighted by molar-refractivity contribution is -0.141. The van der Waals surface area contributed by atoms with Crippen molar-refractivity contribution < 1.29 is 19.8 Å². The number of hydrogen-bond acceptors (Lipinski definition) is 3. The van der Waals surface area contributed by atoms with Gasteiger partial charge in [-0.1, -0.05) is 15.9 Å². The largest absolute Gasteiger partial charge is 0.480 e. The van der Waals surface area contributed by atoms with Gasteiger partial charge in [0.1, 0.15) is 6.04 Å². The van der Waals surface area contributed by atoms with Gasteiger partial charge in [-0.2, -0.15) is 0 Å². The van der Waals surface area contributed by atoms with Gasteiger partial charge in [0.2, 0.25) is 0 Å². The number of carboxylic acids is 1. The number of urea groups is 1. The molecule has 1 aromatic carbocycles. The van der Waals surface area contributed by atoms with Gasteiger partial charge in [-0.25, -0.2) is 9.59 Å². The molecule has 0 aliphatic carbocycles. The maximum absolute atomic E-state index is 12.3. The topological polar surface area (TPSA) is 89.9 Å². The zero-order chi connectivity index (χ0) is 15.7. The number of aliphatic hydroxyl groups is 1. The summed E-state index contributed by atoms with van der Waals surface area (Å²) >= 11 is 9.99. The maximum Gasteiger partial charge on any atom is 0.326 e. The van der Waals surface area contributed by atoms with Gasteiger partial charge in [-0.15, -0.1) is 0 Å². The van der Waals surface area contributed by atoms with Gasteiger partial charge in [0.15, 0.2) is 0 Å². The number of β-amino-alcohol motifs (C(OH)–C–C–N with tert-alkyl or cyclic N) is 1. The normalized spacial score (nSPS) is 21.4. The lowest BCUT2D eigenvalue weighted by Gasteiger charge is -2.22. The number of amides is 2. The number of benzene rings is 1. The molecule has 0 radical (unpaired) electrons. The summed E-state index contributed by atoms with van der Waals surface area (Å²) in [6, 6.07) is 1.93. The third-order valence-corrected chi connectivity index (χ3v) is 4.77. The van der Waals surface area contributed by atoms with Crippen LogP contribution < -0.4 is 5.32 Å². The van der Waals surface area contributed by atoms with E-state index in [0.717, 1.165) is 9.37 Å². The Morgan fingerprint density at radius 2 is 1.81 bits per heavy atom. The fraction of sp³-hybridized carbons (Fsp3) is 0.333. The van der Waals surface area contributed by atoms with E-state index in [1.54, 1.807) is 12.1 Å². The molecule has 1 aliphatic heterocycles. The average Bonchev–Trinajstić information content (AvgIpc) is 2.76. The van der Waals surface area contributed by atoms with Crippen molar-refractivity contribution in [2.24, 2.45) is 0 Å². The highest BCUT2D eigenvalue weighted by molar-refractivity contribution is 9.11. The summed E-state index contributed by atoms with van der Waals surface area (Å²) in [5.74, 6) is -1.13. The van der Waals surface area contributed by atoms with Crippen LogP contribution in [0.5, 0.6) is 0 Å². The standard InChI is InChI=1S/C12H11Br3N2O4/c13-5-1-7(14)10(8(15)2-5)16-12(21)17-4-6(18)3-9(17)11(19)20/h1-2,6,9,18H,3-4H2,(H,16,21)(H,19,20)/t6-,9-/m1/s1. The van der Waals surface area contributed by atoms with E-state index in [1.807, 2.05) is 0 Å². The van der Waals surface area contributed by atoms with Crippen molar-refractivity contribution in [3.63, 3.8) is 0 Å². The first kappa shape index (κ1) is 16.7. The number of likely N-dealkylation sites (tertiary alicyclic amines) is 1. The molecule has 2 amide bonds. The second kappa shape index (κ2) is 6.64. The van der Waals surface area contributed by atoms with Crippen LogP contribution in [0.1, 0.15) is 6.42 Å². The molecule has 1 aliphatic rings. The quantitative estimate of drug-likeness (QED) is 0.599. The van der Waals surface area contributed by atoms with Crippen LogP contribution in [0, 0.1) is 0 Å². The Morgan fingerprint density at radius 3 is 2.33 bits per heavy atom. The molecular formula is C12H11Br3N2O4. The number of carbonyl (C=O) groups is 2. The van der Waals surface area contributed by atoms with Crippen LogP contribution in [0.15, 0.2) is 25.6 Å². The molecular weight excluding hydrogens is 476 g/mol. The van der Waals surface area contributed by atoms with Gasteiger partial charge in [-0.3, -0.25) is 0 Å². The van der Waals surface area contributed by atoms with Gasteiger partial charge in [0, 0.05) is 26.4 Å². The lowest BCUT2D eigenvalue weighted by Crippen LogP contribution is -2.43. The monoisotopic (exact) mass is 484 g/mol. The minimum absolute atomic E-state index is 0.00539. The number of nitrogens with one attached hydrogen (secondary N) is 1. The Morgan fingerprint density at radius 1 is 1.24 bits per heavy atom. The molecule has 0 spiro atoms. The molecule has 2 atom stereocenters. The molecule has 0 bridgehead atoms. The van der Waals surface area contributed by atoms with Crippen LogP contribution in [0.25, 0.3) is 0 Å². The van der Waals surface area contributed by atoms with E-state index in [0.29, 0.717) is 14.6 Å². The van der Waals surface area contributed by atoms with Gasteiger partial charge in [0.25, 0.3) is 0 Å². The molecule has 6 nitrogen and oxygen atoms in total. The predicted octanol–water partition coefficient (Wildman–Crippen LogP) is 3.03. The van der Waals surface area contributed by atoms with Gasteiger partial charge in [-0.05, 0) is 44.0 Å². The fourth-order valence-corrected chi connectivity index (χ4v) is 4.57. The second-order valence-electron chi connectivity index (χ2n) is 4.57. The number of rotatable bonds is 2. The molecule has 0 saturated carbocycles. The molecule has 1 heterocycles. The Hall–Kier alpha value is -0.640. The number of anilines is 1. The maximum atomic E-state index is 12.3. The predicted molar refractivity (Wildman–Crippen MR) is 87.3 cm³/mol. The number of halogens is 3. The summed E-state index contributed by atoms with van der Waals surface area (Å²) in [7, 11) is 0. The van der Waals surface area contributed by atoms with Gasteiger partial charge in [0.05, 0.1) is 11.8 Å². The molecule has 3 N–H and O–H groups in total. The number of carboxylic acid groups (broad SMARTS) is 1. The van der Waals surface area contributed by atoms with Crippen LogP contribution in [-0.4, -0.2) is 45.8 Å². The molecule has 114 valence electrons. The van der Waals surface area contributed by atoms with Crippen molar-refractivity contribution >= 4 is 65.5 Å². The summed E-state index contributed by atoms with van der Waals surface area (Å²) in [5, 5.41) is 21.3. The first-order chi connectivity index (χ1) is 9.79. The zero-order valence-electron chi connectivity index (χ0n) is 10.5. The van der Waals surface area contributed by atoms with Crippen LogP contribution in [0.2, 0.25) is 0 Å². The third-order valence-electron chi connectivity index (χ3n) is 3.06. The highest BCUT2D eigenvalue weighted by Gasteiger charge is 2.39. The molecule has 1 fully saturated rings. The van der Waals surface area contributed by atoms with Crippen molar-refractivity contribution in [1.29, 1.82) is 0 Å². The SMILES string of the molecule is O=C(O)[C@H]1C[C@@H](O)CN1C(=O)Nc1c(Br)cc(Br)cc1Br. The summed E-state index contributed by atoms with van der Waals surface area (Å²) in [5.41, 5.74) is 0.494. The van der Waals surface area contributed by atoms with Crippen molar-refractivity contribution in [2.45, 2.75) is 18.6 Å². The number of nitrogens with zero attached hydrogens (tertiary/aromatic N) is 1. The van der Waals surface area contributed by atoms with E-state index < -0.39 is 24.1 Å². The van der Waals surface area contributed by atoms with Crippen LogP contribution in [0.3, 0.4) is 0 Å². The number of carbonyl (C=O) groups excluding carboxylic acids is 1. The van der Waals surface area contributed by atoms with Crippen molar-refractivity contribution in [2.75, 3.05) is 11.9 Å². The molecule has 21 heavy (non-hydrogen) atoms. The molecule has 1 aromatic rings. The van der Waals surface area contributed by atoms with Crippen LogP contribution >= 0.6 is 47.8 Å². The molecule has 1 saturated heterocycles. The highest BCUT2D eigenvalue weighted by Crippen LogP contribution is 2.35. The Bertz CT molecular complexity index is 573. The molecule has 0 unspecified atom stereocenters. The van der Waals surface area contributed by atoms with E-state index in [-0.39, 0.29) is 13.0 Å².